The summed E-state index contributed by atoms with van der Waals surface area (Å²) in [6.45, 7) is 9.58. The molecular weight excluding hydrogens is 236 g/mol. The van der Waals surface area contributed by atoms with Gasteiger partial charge in [0.15, 0.2) is 0 Å². The second kappa shape index (κ2) is 6.32. The zero-order valence-corrected chi connectivity index (χ0v) is 12.3. The van der Waals surface area contributed by atoms with E-state index in [9.17, 15) is 4.79 Å². The first-order valence-electron chi connectivity index (χ1n) is 6.50. The molecule has 19 heavy (non-hydrogen) atoms. The predicted octanol–water partition coefficient (Wildman–Crippen LogP) is 4.01. The number of aryl methyl sites for hydroxylation is 2. The van der Waals surface area contributed by atoms with Gasteiger partial charge in [0.1, 0.15) is 0 Å². The zero-order valence-electron chi connectivity index (χ0n) is 12.3. The minimum absolute atomic E-state index is 0.199. The van der Waals surface area contributed by atoms with Gasteiger partial charge in [-0.2, -0.15) is 0 Å². The molecule has 0 aliphatic heterocycles. The highest BCUT2D eigenvalue weighted by Gasteiger charge is 2.14. The van der Waals surface area contributed by atoms with Crippen LogP contribution in [-0.2, 0) is 4.79 Å². The minimum atomic E-state index is -0.199. The number of rotatable bonds is 4. The smallest absolute Gasteiger partial charge is 0.257 e. The number of amides is 1. The van der Waals surface area contributed by atoms with Crippen molar-refractivity contribution in [3.05, 3.63) is 40.5 Å². The molecule has 3 heteroatoms. The summed E-state index contributed by atoms with van der Waals surface area (Å²) in [4.78, 5) is 12.2. The summed E-state index contributed by atoms with van der Waals surface area (Å²) in [5, 5.41) is 10.6. The van der Waals surface area contributed by atoms with Crippen molar-refractivity contribution in [2.24, 2.45) is 0 Å². The lowest BCUT2D eigenvalue weighted by molar-refractivity contribution is -0.112. The van der Waals surface area contributed by atoms with E-state index in [1.807, 2.05) is 45.9 Å². The van der Waals surface area contributed by atoms with Crippen LogP contribution in [0.25, 0.3) is 0 Å². The lowest BCUT2D eigenvalue weighted by Gasteiger charge is -2.12. The molecule has 0 bridgehead atoms. The maximum Gasteiger partial charge on any atom is 0.257 e. The van der Waals surface area contributed by atoms with E-state index < -0.39 is 0 Å². The third kappa shape index (κ3) is 3.78. The molecule has 1 aromatic carbocycles. The molecule has 0 unspecified atom stereocenters. The predicted molar refractivity (Wildman–Crippen MR) is 80.9 cm³/mol. The highest BCUT2D eigenvalue weighted by atomic mass is 16.1. The number of allylic oxidation sites excluding steroid dienone is 1. The summed E-state index contributed by atoms with van der Waals surface area (Å²) in [6, 6.07) is 5.82. The summed E-state index contributed by atoms with van der Waals surface area (Å²) in [6.07, 6.45) is 0.770. The van der Waals surface area contributed by atoms with E-state index in [4.69, 9.17) is 5.41 Å². The molecule has 0 fully saturated rings. The molecule has 1 amide bonds. The van der Waals surface area contributed by atoms with E-state index in [1.165, 1.54) is 5.56 Å². The van der Waals surface area contributed by atoms with Crippen molar-refractivity contribution in [1.29, 1.82) is 5.41 Å². The summed E-state index contributed by atoms with van der Waals surface area (Å²) >= 11 is 0. The fourth-order valence-corrected chi connectivity index (χ4v) is 1.87. The molecule has 2 N–H and O–H groups in total. The maximum absolute atomic E-state index is 12.2. The maximum atomic E-state index is 12.2. The van der Waals surface area contributed by atoms with Crippen molar-refractivity contribution in [2.45, 2.75) is 41.0 Å². The summed E-state index contributed by atoms with van der Waals surface area (Å²) in [7, 11) is 0. The number of carbonyl (C=O) groups is 1. The van der Waals surface area contributed by atoms with Crippen molar-refractivity contribution in [2.75, 3.05) is 5.32 Å². The number of anilines is 1. The molecule has 0 radical (unpaired) electrons. The lowest BCUT2D eigenvalue weighted by Crippen LogP contribution is -2.20. The lowest BCUT2D eigenvalue weighted by atomic mass is 10.0. The molecule has 1 aromatic rings. The number of carbonyl (C=O) groups excluding carboxylic acids is 1. The minimum Gasteiger partial charge on any atom is -0.322 e. The Hall–Kier alpha value is -1.90. The van der Waals surface area contributed by atoms with Crippen molar-refractivity contribution in [3.8, 4) is 0 Å². The van der Waals surface area contributed by atoms with E-state index in [2.05, 4.69) is 5.32 Å². The molecule has 1 rings (SSSR count). The Morgan fingerprint density at radius 2 is 1.84 bits per heavy atom. The Balaban J connectivity index is 3.01. The molecule has 0 aliphatic rings. The molecule has 0 saturated heterocycles. The Morgan fingerprint density at radius 1 is 1.21 bits per heavy atom. The molecule has 0 saturated carbocycles. The average molecular weight is 258 g/mol. The van der Waals surface area contributed by atoms with Crippen molar-refractivity contribution < 1.29 is 4.79 Å². The van der Waals surface area contributed by atoms with Gasteiger partial charge in [-0.1, -0.05) is 18.6 Å². The number of hydrogen-bond donors (Lipinski definition) is 2. The molecule has 0 aromatic heterocycles. The van der Waals surface area contributed by atoms with Crippen LogP contribution in [-0.4, -0.2) is 11.6 Å². The van der Waals surface area contributed by atoms with Gasteiger partial charge >= 0.3 is 0 Å². The van der Waals surface area contributed by atoms with Gasteiger partial charge < -0.3 is 10.7 Å². The van der Waals surface area contributed by atoms with Gasteiger partial charge in [0.2, 0.25) is 0 Å². The first-order valence-corrected chi connectivity index (χ1v) is 6.50. The molecule has 3 nitrogen and oxygen atoms in total. The third-order valence-electron chi connectivity index (χ3n) is 3.32. The van der Waals surface area contributed by atoms with E-state index in [-0.39, 0.29) is 5.91 Å². The van der Waals surface area contributed by atoms with Gasteiger partial charge in [-0.05, 0) is 57.4 Å². The molecule has 0 aliphatic carbocycles. The Labute approximate surface area is 115 Å². The van der Waals surface area contributed by atoms with Crippen LogP contribution >= 0.6 is 0 Å². The zero-order chi connectivity index (χ0) is 14.6. The Kier molecular flexibility index (Phi) is 5.04. The first-order chi connectivity index (χ1) is 8.86. The first kappa shape index (κ1) is 15.2. The monoisotopic (exact) mass is 258 g/mol. The highest BCUT2D eigenvalue weighted by Crippen LogP contribution is 2.17. The molecule has 0 heterocycles. The van der Waals surface area contributed by atoms with Crippen LogP contribution in [0.15, 0.2) is 29.3 Å². The largest absolute Gasteiger partial charge is 0.322 e. The van der Waals surface area contributed by atoms with Crippen LogP contribution in [0.2, 0.25) is 0 Å². The summed E-state index contributed by atoms with van der Waals surface area (Å²) < 4.78 is 0. The van der Waals surface area contributed by atoms with E-state index in [1.54, 1.807) is 6.92 Å². The average Bonchev–Trinajstić information content (AvgIpc) is 2.33. The van der Waals surface area contributed by atoms with Crippen LogP contribution in [0, 0.1) is 19.3 Å². The van der Waals surface area contributed by atoms with Crippen molar-refractivity contribution >= 4 is 17.3 Å². The highest BCUT2D eigenvalue weighted by molar-refractivity contribution is 6.24. The number of hydrogen-bond acceptors (Lipinski definition) is 2. The standard InChI is InChI=1S/C16H22N2O/c1-6-10(2)15(13(5)17)16(19)18-14-8-7-11(3)12(4)9-14/h7-9,17H,6H2,1-5H3,(H,18,19)/b15-10-,17-13?. The van der Waals surface area contributed by atoms with Gasteiger partial charge in [0.25, 0.3) is 5.91 Å². The van der Waals surface area contributed by atoms with Gasteiger partial charge in [-0.25, -0.2) is 0 Å². The van der Waals surface area contributed by atoms with Crippen molar-refractivity contribution in [3.63, 3.8) is 0 Å². The molecule has 102 valence electrons. The molecule has 0 atom stereocenters. The second-order valence-electron chi connectivity index (χ2n) is 4.89. The number of benzene rings is 1. The summed E-state index contributed by atoms with van der Waals surface area (Å²) in [5.74, 6) is -0.199. The molecule has 0 spiro atoms. The Bertz CT molecular complexity index is 542. The quantitative estimate of drug-likeness (QED) is 0.622. The van der Waals surface area contributed by atoms with Gasteiger partial charge in [-0.15, -0.1) is 0 Å². The fourth-order valence-electron chi connectivity index (χ4n) is 1.87. The van der Waals surface area contributed by atoms with Gasteiger partial charge in [-0.3, -0.25) is 4.79 Å². The van der Waals surface area contributed by atoms with E-state index in [0.29, 0.717) is 11.3 Å². The van der Waals surface area contributed by atoms with Gasteiger partial charge in [0.05, 0.1) is 5.57 Å². The second-order valence-corrected chi connectivity index (χ2v) is 4.89. The SMILES string of the molecule is CC/C(C)=C(/C(C)=N)C(=O)Nc1ccc(C)c(C)c1. The van der Waals surface area contributed by atoms with Crippen LogP contribution in [0.1, 0.15) is 38.3 Å². The normalized spacial score (nSPS) is 11.8. The third-order valence-corrected chi connectivity index (χ3v) is 3.32. The van der Waals surface area contributed by atoms with Crippen molar-refractivity contribution in [1.82, 2.24) is 0 Å². The van der Waals surface area contributed by atoms with Crippen LogP contribution in [0.3, 0.4) is 0 Å². The van der Waals surface area contributed by atoms with E-state index >= 15 is 0 Å². The van der Waals surface area contributed by atoms with Crippen LogP contribution in [0.5, 0.6) is 0 Å². The number of nitrogens with one attached hydrogen (secondary N) is 2. The fraction of sp³-hybridized carbons (Fsp3) is 0.375. The van der Waals surface area contributed by atoms with Gasteiger partial charge in [0, 0.05) is 11.4 Å². The van der Waals surface area contributed by atoms with Crippen LogP contribution < -0.4 is 5.32 Å². The Morgan fingerprint density at radius 3 is 2.32 bits per heavy atom. The topological polar surface area (TPSA) is 53.0 Å². The van der Waals surface area contributed by atoms with E-state index in [0.717, 1.165) is 23.2 Å². The molecular formula is C16H22N2O. The summed E-state index contributed by atoms with van der Waals surface area (Å²) in [5.41, 5.74) is 4.84. The van der Waals surface area contributed by atoms with Crippen LogP contribution in [0.4, 0.5) is 5.69 Å².